The number of benzene rings is 1. The first kappa shape index (κ1) is 16.6. The summed E-state index contributed by atoms with van der Waals surface area (Å²) in [6.45, 7) is 4.91. The maximum absolute atomic E-state index is 12.6. The zero-order chi connectivity index (χ0) is 16.0. The Balaban J connectivity index is 1.84. The Kier molecular flexibility index (Phi) is 5.66. The number of nitrogens with zero attached hydrogens (tertiary/aromatic N) is 1. The second kappa shape index (κ2) is 7.49. The predicted molar refractivity (Wildman–Crippen MR) is 86.3 cm³/mol. The van der Waals surface area contributed by atoms with Crippen LogP contribution in [-0.2, 0) is 4.79 Å². The van der Waals surface area contributed by atoms with Crippen LogP contribution in [0, 0.1) is 5.41 Å². The summed E-state index contributed by atoms with van der Waals surface area (Å²) < 4.78 is 11.0. The Labute approximate surface area is 132 Å². The first-order chi connectivity index (χ1) is 10.6. The molecular weight excluding hydrogens is 280 g/mol. The monoisotopic (exact) mass is 306 g/mol. The molecule has 5 heteroatoms. The van der Waals surface area contributed by atoms with Crippen LogP contribution in [0.1, 0.15) is 19.8 Å². The second-order valence-corrected chi connectivity index (χ2v) is 6.04. The fourth-order valence-electron chi connectivity index (χ4n) is 2.79. The van der Waals surface area contributed by atoms with Gasteiger partial charge in [-0.2, -0.15) is 0 Å². The Morgan fingerprint density at radius 2 is 1.91 bits per heavy atom. The van der Waals surface area contributed by atoms with E-state index in [0.717, 1.165) is 25.9 Å². The quantitative estimate of drug-likeness (QED) is 0.872. The number of hydrogen-bond donors (Lipinski definition) is 1. The number of rotatable bonds is 6. The van der Waals surface area contributed by atoms with E-state index in [0.29, 0.717) is 24.7 Å². The van der Waals surface area contributed by atoms with Gasteiger partial charge < -0.3 is 19.7 Å². The number of nitrogens with one attached hydrogen (secondary N) is 1. The Morgan fingerprint density at radius 1 is 1.27 bits per heavy atom. The summed E-state index contributed by atoms with van der Waals surface area (Å²) in [7, 11) is 3.47. The fraction of sp³-hybridized carbons (Fsp3) is 0.588. The average molecular weight is 306 g/mol. The molecule has 1 aromatic carbocycles. The lowest BCUT2D eigenvalue weighted by atomic mass is 9.80. The first-order valence-corrected chi connectivity index (χ1v) is 7.79. The van der Waals surface area contributed by atoms with Crippen LogP contribution in [0.15, 0.2) is 24.3 Å². The molecule has 1 N–H and O–H groups in total. The number of ether oxygens (including phenoxy) is 2. The molecule has 0 spiro atoms. The largest absolute Gasteiger partial charge is 0.493 e. The molecule has 0 unspecified atom stereocenters. The molecule has 1 aliphatic rings. The Hall–Kier alpha value is -1.75. The van der Waals surface area contributed by atoms with Gasteiger partial charge in [-0.15, -0.1) is 0 Å². The predicted octanol–water partition coefficient (Wildman–Crippen LogP) is 1.92. The summed E-state index contributed by atoms with van der Waals surface area (Å²) in [4.78, 5) is 14.4. The third-order valence-electron chi connectivity index (χ3n) is 4.32. The van der Waals surface area contributed by atoms with Gasteiger partial charge in [0.2, 0.25) is 5.91 Å². The summed E-state index contributed by atoms with van der Waals surface area (Å²) in [5, 5.41) is 3.30. The maximum Gasteiger partial charge on any atom is 0.228 e. The Bertz CT molecular complexity index is 498. The van der Waals surface area contributed by atoms with E-state index in [4.69, 9.17) is 9.47 Å². The molecule has 0 aromatic heterocycles. The Morgan fingerprint density at radius 3 is 2.55 bits per heavy atom. The van der Waals surface area contributed by atoms with Gasteiger partial charge in [0, 0.05) is 12.5 Å². The van der Waals surface area contributed by atoms with Crippen molar-refractivity contribution in [3.8, 4) is 11.5 Å². The van der Waals surface area contributed by atoms with Gasteiger partial charge in [-0.3, -0.25) is 4.79 Å². The molecule has 122 valence electrons. The number of piperidine rings is 1. The molecule has 0 atom stereocenters. The molecule has 0 radical (unpaired) electrons. The minimum Gasteiger partial charge on any atom is -0.493 e. The average Bonchev–Trinajstić information content (AvgIpc) is 2.55. The van der Waals surface area contributed by atoms with E-state index in [2.05, 4.69) is 12.2 Å². The zero-order valence-corrected chi connectivity index (χ0v) is 13.7. The topological polar surface area (TPSA) is 50.8 Å². The highest BCUT2D eigenvalue weighted by Crippen LogP contribution is 2.30. The number of likely N-dealkylation sites (N-methyl/N-ethyl adjacent to an activating group) is 1. The van der Waals surface area contributed by atoms with Gasteiger partial charge >= 0.3 is 0 Å². The first-order valence-electron chi connectivity index (χ1n) is 7.79. The van der Waals surface area contributed by atoms with Crippen molar-refractivity contribution >= 4 is 5.91 Å². The second-order valence-electron chi connectivity index (χ2n) is 6.04. The molecule has 0 aliphatic carbocycles. The number of amides is 1. The van der Waals surface area contributed by atoms with Crippen molar-refractivity contribution in [3.63, 3.8) is 0 Å². The lowest BCUT2D eigenvalue weighted by molar-refractivity contribution is -0.141. The SMILES string of the molecule is COc1ccccc1OCCN(C)C(=O)C1(C)CCNCC1. The summed E-state index contributed by atoms with van der Waals surface area (Å²) in [5.41, 5.74) is -0.246. The third-order valence-corrected chi connectivity index (χ3v) is 4.32. The van der Waals surface area contributed by atoms with Crippen LogP contribution in [0.5, 0.6) is 11.5 Å². The fourth-order valence-corrected chi connectivity index (χ4v) is 2.79. The standard InChI is InChI=1S/C17H26N2O3/c1-17(8-10-18-11-9-17)16(20)19(2)12-13-22-15-7-5-4-6-14(15)21-3/h4-7,18H,8-13H2,1-3H3. The number of methoxy groups -OCH3 is 1. The van der Waals surface area contributed by atoms with E-state index in [-0.39, 0.29) is 11.3 Å². The van der Waals surface area contributed by atoms with Crippen molar-refractivity contribution in [2.75, 3.05) is 40.4 Å². The summed E-state index contributed by atoms with van der Waals surface area (Å²) >= 11 is 0. The van der Waals surface area contributed by atoms with Crippen molar-refractivity contribution in [2.45, 2.75) is 19.8 Å². The lowest BCUT2D eigenvalue weighted by Gasteiger charge is -2.35. The molecular formula is C17H26N2O3. The van der Waals surface area contributed by atoms with E-state index >= 15 is 0 Å². The van der Waals surface area contributed by atoms with Crippen LogP contribution in [0.3, 0.4) is 0 Å². The molecule has 1 aliphatic heterocycles. The van der Waals surface area contributed by atoms with Gasteiger partial charge in [-0.05, 0) is 38.1 Å². The van der Waals surface area contributed by atoms with Gasteiger partial charge in [0.05, 0.1) is 13.7 Å². The van der Waals surface area contributed by atoms with Crippen LogP contribution in [-0.4, -0.2) is 51.2 Å². The van der Waals surface area contributed by atoms with Gasteiger partial charge in [0.15, 0.2) is 11.5 Å². The molecule has 1 aromatic rings. The van der Waals surface area contributed by atoms with Crippen LogP contribution in [0.2, 0.25) is 0 Å². The molecule has 1 amide bonds. The molecule has 1 heterocycles. The molecule has 5 nitrogen and oxygen atoms in total. The smallest absolute Gasteiger partial charge is 0.228 e. The molecule has 2 rings (SSSR count). The highest BCUT2D eigenvalue weighted by molar-refractivity contribution is 5.82. The van der Waals surface area contributed by atoms with Crippen LogP contribution < -0.4 is 14.8 Å². The van der Waals surface area contributed by atoms with E-state index in [1.807, 2.05) is 31.3 Å². The van der Waals surface area contributed by atoms with E-state index in [9.17, 15) is 4.79 Å². The highest BCUT2D eigenvalue weighted by Gasteiger charge is 2.36. The minimum atomic E-state index is -0.246. The highest BCUT2D eigenvalue weighted by atomic mass is 16.5. The van der Waals surface area contributed by atoms with Crippen molar-refractivity contribution in [2.24, 2.45) is 5.41 Å². The minimum absolute atomic E-state index is 0.206. The number of carbonyl (C=O) groups is 1. The maximum atomic E-state index is 12.6. The van der Waals surface area contributed by atoms with Crippen LogP contribution in [0.25, 0.3) is 0 Å². The van der Waals surface area contributed by atoms with Crippen LogP contribution >= 0.6 is 0 Å². The van der Waals surface area contributed by atoms with Gasteiger partial charge in [-0.25, -0.2) is 0 Å². The zero-order valence-electron chi connectivity index (χ0n) is 13.7. The number of para-hydroxylation sites is 2. The van der Waals surface area contributed by atoms with Gasteiger partial charge in [0.1, 0.15) is 6.61 Å². The van der Waals surface area contributed by atoms with Crippen molar-refractivity contribution in [1.82, 2.24) is 10.2 Å². The van der Waals surface area contributed by atoms with Crippen LogP contribution in [0.4, 0.5) is 0 Å². The molecule has 1 fully saturated rings. The summed E-state index contributed by atoms with van der Waals surface area (Å²) in [6, 6.07) is 7.54. The van der Waals surface area contributed by atoms with E-state index in [1.54, 1.807) is 12.0 Å². The lowest BCUT2D eigenvalue weighted by Crippen LogP contribution is -2.47. The third kappa shape index (κ3) is 3.91. The number of carbonyl (C=O) groups excluding carboxylic acids is 1. The molecule has 22 heavy (non-hydrogen) atoms. The van der Waals surface area contributed by atoms with Crippen molar-refractivity contribution < 1.29 is 14.3 Å². The molecule has 1 saturated heterocycles. The normalized spacial score (nSPS) is 16.9. The summed E-state index contributed by atoms with van der Waals surface area (Å²) in [6.07, 6.45) is 1.78. The molecule has 0 saturated carbocycles. The molecule has 0 bridgehead atoms. The van der Waals surface area contributed by atoms with Gasteiger partial charge in [-0.1, -0.05) is 19.1 Å². The summed E-state index contributed by atoms with van der Waals surface area (Å²) in [5.74, 6) is 1.62. The van der Waals surface area contributed by atoms with E-state index in [1.165, 1.54) is 0 Å². The van der Waals surface area contributed by atoms with Crippen molar-refractivity contribution in [3.05, 3.63) is 24.3 Å². The number of hydrogen-bond acceptors (Lipinski definition) is 4. The van der Waals surface area contributed by atoms with Gasteiger partial charge in [0.25, 0.3) is 0 Å². The van der Waals surface area contributed by atoms with E-state index < -0.39 is 0 Å². The van der Waals surface area contributed by atoms with Crippen molar-refractivity contribution in [1.29, 1.82) is 0 Å².